The van der Waals surface area contributed by atoms with E-state index in [0.29, 0.717) is 22.1 Å². The number of hydrogen-bond acceptors (Lipinski definition) is 4. The third kappa shape index (κ3) is 4.99. The Labute approximate surface area is 196 Å². The molecule has 2 atom stereocenters. The summed E-state index contributed by atoms with van der Waals surface area (Å²) < 4.78 is 12.1. The summed E-state index contributed by atoms with van der Waals surface area (Å²) in [6.45, 7) is 0. The van der Waals surface area contributed by atoms with Gasteiger partial charge in [0.15, 0.2) is 6.04 Å². The summed E-state index contributed by atoms with van der Waals surface area (Å²) in [5.41, 5.74) is 4.97. The van der Waals surface area contributed by atoms with Crippen molar-refractivity contribution >= 4 is 29.6 Å². The summed E-state index contributed by atoms with van der Waals surface area (Å²) in [7, 11) is 3.15. The molecule has 1 aliphatic rings. The van der Waals surface area contributed by atoms with Crippen molar-refractivity contribution in [2.24, 2.45) is 0 Å². The van der Waals surface area contributed by atoms with Crippen LogP contribution in [-0.2, 0) is 4.79 Å². The van der Waals surface area contributed by atoms with Crippen molar-refractivity contribution < 1.29 is 23.7 Å². The average Bonchev–Trinajstić information content (AvgIpc) is 3.14. The molecule has 0 unspecified atom stereocenters. The van der Waals surface area contributed by atoms with E-state index in [4.69, 9.17) is 21.1 Å². The highest BCUT2D eigenvalue weighted by molar-refractivity contribution is 6.30. The smallest absolute Gasteiger partial charge is 0.304 e. The normalized spacial score (nSPS) is 18.6. The van der Waals surface area contributed by atoms with Crippen molar-refractivity contribution in [3.8, 4) is 11.5 Å². The third-order valence-electron chi connectivity index (χ3n) is 5.39. The monoisotopic (exact) mass is 464 g/mol. The van der Waals surface area contributed by atoms with Gasteiger partial charge in [-0.3, -0.25) is 9.59 Å². The molecule has 0 radical (unpaired) electrons. The molecule has 1 heterocycles. The fraction of sp³-hybridized carbons (Fsp3) is 0.160. The molecule has 0 aromatic heterocycles. The first-order valence-corrected chi connectivity index (χ1v) is 10.6. The molecule has 2 N–H and O–H groups in total. The zero-order valence-electron chi connectivity index (χ0n) is 18.1. The van der Waals surface area contributed by atoms with Crippen LogP contribution < -0.4 is 20.2 Å². The van der Waals surface area contributed by atoms with E-state index in [2.05, 4.69) is 10.7 Å². The molecule has 1 saturated heterocycles. The average molecular weight is 465 g/mol. The summed E-state index contributed by atoms with van der Waals surface area (Å²) in [5, 5.41) is 3.50. The summed E-state index contributed by atoms with van der Waals surface area (Å²) in [5.74, 6) is 0.667. The fourth-order valence-electron chi connectivity index (χ4n) is 3.66. The number of hydrazine groups is 1. The second-order valence-electron chi connectivity index (χ2n) is 7.46. The number of rotatable bonds is 6. The number of hydrogen-bond donors (Lipinski definition) is 2. The molecule has 0 saturated carbocycles. The predicted octanol–water partition coefficient (Wildman–Crippen LogP) is 3.37. The van der Waals surface area contributed by atoms with E-state index < -0.39 is 12.1 Å². The van der Waals surface area contributed by atoms with Crippen molar-refractivity contribution in [2.45, 2.75) is 12.1 Å². The van der Waals surface area contributed by atoms with E-state index in [9.17, 15) is 9.59 Å². The Kier molecular flexibility index (Phi) is 6.60. The number of amides is 2. The molecule has 33 heavy (non-hydrogen) atoms. The lowest BCUT2D eigenvalue weighted by Crippen LogP contribution is -2.42. The van der Waals surface area contributed by atoms with Gasteiger partial charge in [-0.1, -0.05) is 11.6 Å². The quantitative estimate of drug-likeness (QED) is 0.548. The van der Waals surface area contributed by atoms with Gasteiger partial charge in [-0.25, -0.2) is 0 Å². The van der Waals surface area contributed by atoms with Gasteiger partial charge in [0.2, 0.25) is 12.3 Å². The first-order valence-electron chi connectivity index (χ1n) is 10.3. The maximum absolute atomic E-state index is 12.9. The fourth-order valence-corrected chi connectivity index (χ4v) is 3.78. The van der Waals surface area contributed by atoms with Gasteiger partial charge >= 0.3 is 5.91 Å². The number of nitrogens with one attached hydrogen (secondary N) is 2. The van der Waals surface area contributed by atoms with E-state index in [1.807, 2.05) is 42.6 Å². The minimum Gasteiger partial charge on any atom is -0.497 e. The molecule has 3 aromatic rings. The van der Waals surface area contributed by atoms with Crippen LogP contribution >= 0.6 is 11.6 Å². The SMILES string of the molecule is COc1ccc(C(=O)N[C@H]2C(=O)N/[N+](=C\c3ccc(Cl)cc3)[C@H]2c2ccc(OC)cc2)cc1. The number of hydrazone groups is 1. The largest absolute Gasteiger partial charge is 0.497 e. The maximum Gasteiger partial charge on any atom is 0.304 e. The van der Waals surface area contributed by atoms with Crippen molar-refractivity contribution in [1.29, 1.82) is 0 Å². The van der Waals surface area contributed by atoms with Crippen LogP contribution in [0.3, 0.4) is 0 Å². The van der Waals surface area contributed by atoms with Crippen LogP contribution in [0.25, 0.3) is 0 Å². The van der Waals surface area contributed by atoms with Crippen LogP contribution in [-0.4, -0.2) is 43.0 Å². The number of halogens is 1. The van der Waals surface area contributed by atoms with Gasteiger partial charge in [0.25, 0.3) is 5.91 Å². The Bertz CT molecular complexity index is 1180. The number of benzene rings is 3. The number of methoxy groups -OCH3 is 2. The van der Waals surface area contributed by atoms with E-state index in [-0.39, 0.29) is 11.8 Å². The lowest BCUT2D eigenvalue weighted by atomic mass is 9.99. The van der Waals surface area contributed by atoms with Crippen LogP contribution in [0.5, 0.6) is 11.5 Å². The summed E-state index contributed by atoms with van der Waals surface area (Å²) in [6.07, 6.45) is 1.81. The van der Waals surface area contributed by atoms with E-state index in [1.165, 1.54) is 0 Å². The molecule has 0 aliphatic carbocycles. The highest BCUT2D eigenvalue weighted by Crippen LogP contribution is 2.27. The van der Waals surface area contributed by atoms with E-state index in [0.717, 1.165) is 11.1 Å². The minimum absolute atomic E-state index is 0.317. The number of ether oxygens (including phenoxy) is 2. The van der Waals surface area contributed by atoms with Gasteiger partial charge in [0.1, 0.15) is 11.5 Å². The van der Waals surface area contributed by atoms with Crippen LogP contribution in [0, 0.1) is 0 Å². The van der Waals surface area contributed by atoms with Crippen molar-refractivity contribution in [3.63, 3.8) is 0 Å². The van der Waals surface area contributed by atoms with Gasteiger partial charge < -0.3 is 14.8 Å². The molecule has 2 amide bonds. The molecule has 0 bridgehead atoms. The summed E-state index contributed by atoms with van der Waals surface area (Å²) in [4.78, 5) is 25.9. The first kappa shape index (κ1) is 22.4. The third-order valence-corrected chi connectivity index (χ3v) is 5.64. The molecule has 168 valence electrons. The zero-order chi connectivity index (χ0) is 23.4. The Hall–Kier alpha value is -3.84. The Morgan fingerprint density at radius 3 is 2.09 bits per heavy atom. The van der Waals surface area contributed by atoms with Gasteiger partial charge in [0, 0.05) is 21.7 Å². The molecule has 1 fully saturated rings. The van der Waals surface area contributed by atoms with Crippen molar-refractivity contribution in [3.05, 3.63) is 94.5 Å². The topological polar surface area (TPSA) is 79.7 Å². The molecule has 4 rings (SSSR count). The highest BCUT2D eigenvalue weighted by atomic mass is 35.5. The Morgan fingerprint density at radius 2 is 1.52 bits per heavy atom. The van der Waals surface area contributed by atoms with Crippen LogP contribution in [0.2, 0.25) is 5.02 Å². The number of carbonyl (C=O) groups excluding carboxylic acids is 2. The molecular formula is C25H23ClN3O4+. The van der Waals surface area contributed by atoms with Gasteiger partial charge in [-0.15, -0.1) is 10.1 Å². The second-order valence-corrected chi connectivity index (χ2v) is 7.90. The van der Waals surface area contributed by atoms with Gasteiger partial charge in [-0.2, -0.15) is 0 Å². The first-order chi connectivity index (χ1) is 16.0. The van der Waals surface area contributed by atoms with Crippen LogP contribution in [0.15, 0.2) is 72.8 Å². The number of carbonyl (C=O) groups is 2. The Balaban J connectivity index is 1.67. The summed E-state index contributed by atoms with van der Waals surface area (Å²) in [6, 6.07) is 20.0. The van der Waals surface area contributed by atoms with E-state index in [1.54, 1.807) is 55.3 Å². The standard InChI is InChI=1S/C25H22ClN3O4/c1-32-20-11-5-17(6-12-20)23-22(27-24(30)18-7-13-21(33-2)14-8-18)25(31)28-29(23)15-16-3-9-19(26)10-4-16/h3-15,22-23H,1-2H3,(H-,27,28,30,31)/p+1/b29-15-/t22-,23+/m1/s1. The Morgan fingerprint density at radius 1 is 0.939 bits per heavy atom. The summed E-state index contributed by atoms with van der Waals surface area (Å²) >= 11 is 6.00. The molecule has 8 heteroatoms. The zero-order valence-corrected chi connectivity index (χ0v) is 18.9. The molecule has 7 nitrogen and oxygen atoms in total. The maximum atomic E-state index is 12.9. The van der Waals surface area contributed by atoms with E-state index >= 15 is 0 Å². The molecule has 1 aliphatic heterocycles. The molecular weight excluding hydrogens is 442 g/mol. The van der Waals surface area contributed by atoms with Crippen LogP contribution in [0.4, 0.5) is 0 Å². The molecule has 3 aromatic carbocycles. The van der Waals surface area contributed by atoms with Gasteiger partial charge in [0.05, 0.1) is 14.2 Å². The van der Waals surface area contributed by atoms with Crippen molar-refractivity contribution in [2.75, 3.05) is 14.2 Å². The van der Waals surface area contributed by atoms with Crippen LogP contribution in [0.1, 0.15) is 27.5 Å². The molecule has 0 spiro atoms. The number of nitrogens with zero attached hydrogens (tertiary/aromatic N) is 1. The van der Waals surface area contributed by atoms with Gasteiger partial charge in [-0.05, 0) is 72.8 Å². The lowest BCUT2D eigenvalue weighted by Gasteiger charge is -2.15. The predicted molar refractivity (Wildman–Crippen MR) is 125 cm³/mol. The highest BCUT2D eigenvalue weighted by Gasteiger charge is 2.47. The lowest BCUT2D eigenvalue weighted by molar-refractivity contribution is -0.596. The van der Waals surface area contributed by atoms with Crippen molar-refractivity contribution in [1.82, 2.24) is 10.7 Å². The minimum atomic E-state index is -0.823. The second kappa shape index (κ2) is 9.75.